The third-order valence-electron chi connectivity index (χ3n) is 3.93. The topological polar surface area (TPSA) is 54.4 Å². The number of benzene rings is 2. The molecule has 0 saturated carbocycles. The molecule has 0 unspecified atom stereocenters. The molecule has 1 N–H and O–H groups in total. The molecule has 0 amide bonds. The largest absolute Gasteiger partial charge is 0.354 e. The number of hydrogen-bond donors (Lipinski definition) is 1. The average molecular weight is 305 g/mol. The second kappa shape index (κ2) is 7.01. The van der Waals surface area contributed by atoms with Gasteiger partial charge in [0.2, 0.25) is 0 Å². The van der Waals surface area contributed by atoms with Crippen molar-refractivity contribution in [2.75, 3.05) is 5.32 Å². The Morgan fingerprint density at radius 2 is 1.91 bits per heavy atom. The van der Waals surface area contributed by atoms with Gasteiger partial charge in [0.15, 0.2) is 0 Å². The number of fused-ring (bicyclic) bond motifs is 1. The van der Waals surface area contributed by atoms with Crippen molar-refractivity contribution in [1.29, 1.82) is 0 Å². The van der Waals surface area contributed by atoms with Gasteiger partial charge in [-0.2, -0.15) is 0 Å². The van der Waals surface area contributed by atoms with Crippen LogP contribution < -0.4 is 5.32 Å². The maximum Gasteiger partial charge on any atom is 0.139 e. The minimum absolute atomic E-state index is 0.417. The van der Waals surface area contributed by atoms with Crippen LogP contribution in [0.5, 0.6) is 0 Å². The SMILES string of the molecule is CCCCc1ccc(Nc2ccc3cnccc3c2N=O)cc1. The van der Waals surface area contributed by atoms with Crippen molar-refractivity contribution in [3.8, 4) is 0 Å². The average Bonchev–Trinajstić information content (AvgIpc) is 2.61. The first-order valence-corrected chi connectivity index (χ1v) is 7.88. The Labute approximate surface area is 135 Å². The van der Waals surface area contributed by atoms with Gasteiger partial charge < -0.3 is 5.32 Å². The standard InChI is InChI=1S/C19H19N3O/c1-2-3-4-14-5-8-16(9-6-14)21-18-10-7-15-13-20-12-11-17(15)19(18)22-23/h5-13,21H,2-4H2,1H3. The van der Waals surface area contributed by atoms with Crippen LogP contribution in [0, 0.1) is 4.91 Å². The summed E-state index contributed by atoms with van der Waals surface area (Å²) in [5, 5.41) is 8.21. The molecule has 0 spiro atoms. The van der Waals surface area contributed by atoms with Gasteiger partial charge in [0, 0.05) is 28.9 Å². The lowest BCUT2D eigenvalue weighted by Crippen LogP contribution is -1.92. The van der Waals surface area contributed by atoms with Gasteiger partial charge in [0.25, 0.3) is 0 Å². The summed E-state index contributed by atoms with van der Waals surface area (Å²) in [4.78, 5) is 15.4. The van der Waals surface area contributed by atoms with Gasteiger partial charge in [-0.25, -0.2) is 0 Å². The van der Waals surface area contributed by atoms with Crippen molar-refractivity contribution >= 4 is 27.8 Å². The zero-order valence-corrected chi connectivity index (χ0v) is 13.1. The predicted molar refractivity (Wildman–Crippen MR) is 95.5 cm³/mol. The van der Waals surface area contributed by atoms with Crippen LogP contribution in [0.15, 0.2) is 60.0 Å². The van der Waals surface area contributed by atoms with Crippen molar-refractivity contribution < 1.29 is 0 Å². The van der Waals surface area contributed by atoms with Crippen LogP contribution in [0.2, 0.25) is 0 Å². The number of aryl methyl sites for hydroxylation is 1. The van der Waals surface area contributed by atoms with Gasteiger partial charge in [0.05, 0.1) is 5.69 Å². The van der Waals surface area contributed by atoms with Gasteiger partial charge in [-0.05, 0) is 47.8 Å². The molecule has 0 aliphatic carbocycles. The summed E-state index contributed by atoms with van der Waals surface area (Å²) in [7, 11) is 0. The zero-order chi connectivity index (χ0) is 16.1. The Morgan fingerprint density at radius 1 is 1.09 bits per heavy atom. The number of nitrogens with zero attached hydrogens (tertiary/aromatic N) is 2. The monoisotopic (exact) mass is 305 g/mol. The summed E-state index contributed by atoms with van der Waals surface area (Å²) in [5.41, 5.74) is 3.40. The van der Waals surface area contributed by atoms with E-state index < -0.39 is 0 Å². The number of unbranched alkanes of at least 4 members (excludes halogenated alkanes) is 1. The molecule has 0 bridgehead atoms. The Kier molecular flexibility index (Phi) is 4.62. The summed E-state index contributed by atoms with van der Waals surface area (Å²) >= 11 is 0. The molecule has 0 aliphatic rings. The van der Waals surface area contributed by atoms with Crippen LogP contribution in [0.3, 0.4) is 0 Å². The lowest BCUT2D eigenvalue weighted by Gasteiger charge is -2.11. The molecule has 3 aromatic rings. The van der Waals surface area contributed by atoms with Crippen LogP contribution in [0.4, 0.5) is 17.1 Å². The number of pyridine rings is 1. The van der Waals surface area contributed by atoms with Crippen molar-refractivity contribution in [2.24, 2.45) is 5.18 Å². The van der Waals surface area contributed by atoms with E-state index in [0.29, 0.717) is 11.4 Å². The molecule has 0 aliphatic heterocycles. The zero-order valence-electron chi connectivity index (χ0n) is 13.1. The van der Waals surface area contributed by atoms with Crippen molar-refractivity contribution in [3.63, 3.8) is 0 Å². The quantitative estimate of drug-likeness (QED) is 0.593. The lowest BCUT2D eigenvalue weighted by atomic mass is 10.1. The normalized spacial score (nSPS) is 10.7. The highest BCUT2D eigenvalue weighted by Crippen LogP contribution is 2.35. The van der Waals surface area contributed by atoms with E-state index in [4.69, 9.17) is 0 Å². The highest BCUT2D eigenvalue weighted by atomic mass is 16.3. The Morgan fingerprint density at radius 3 is 2.65 bits per heavy atom. The van der Waals surface area contributed by atoms with E-state index in [-0.39, 0.29) is 0 Å². The molecule has 1 aromatic heterocycles. The summed E-state index contributed by atoms with van der Waals surface area (Å²) in [6, 6.07) is 13.9. The number of hydrogen-bond acceptors (Lipinski definition) is 4. The fourth-order valence-corrected chi connectivity index (χ4v) is 2.64. The lowest BCUT2D eigenvalue weighted by molar-refractivity contribution is 0.795. The fraction of sp³-hybridized carbons (Fsp3) is 0.211. The van der Waals surface area contributed by atoms with E-state index in [1.54, 1.807) is 12.4 Å². The van der Waals surface area contributed by atoms with Crippen LogP contribution in [0.1, 0.15) is 25.3 Å². The third kappa shape index (κ3) is 3.37. The summed E-state index contributed by atoms with van der Waals surface area (Å²) in [6.45, 7) is 2.19. The minimum atomic E-state index is 0.417. The van der Waals surface area contributed by atoms with E-state index in [0.717, 1.165) is 22.9 Å². The second-order valence-corrected chi connectivity index (χ2v) is 5.58. The van der Waals surface area contributed by atoms with Crippen LogP contribution in [-0.4, -0.2) is 4.98 Å². The maximum atomic E-state index is 11.3. The van der Waals surface area contributed by atoms with Gasteiger partial charge >= 0.3 is 0 Å². The van der Waals surface area contributed by atoms with Crippen molar-refractivity contribution in [3.05, 3.63) is 65.3 Å². The number of anilines is 2. The molecule has 116 valence electrons. The number of rotatable bonds is 6. The number of aromatic nitrogens is 1. The first-order chi connectivity index (χ1) is 11.3. The smallest absolute Gasteiger partial charge is 0.139 e. The molecule has 2 aromatic carbocycles. The van der Waals surface area contributed by atoms with Gasteiger partial charge in [-0.15, -0.1) is 4.91 Å². The molecular weight excluding hydrogens is 286 g/mol. The van der Waals surface area contributed by atoms with E-state index in [9.17, 15) is 4.91 Å². The molecular formula is C19H19N3O. The fourth-order valence-electron chi connectivity index (χ4n) is 2.64. The number of nitroso groups, excluding NO2 is 1. The van der Waals surface area contributed by atoms with Gasteiger partial charge in [0.1, 0.15) is 5.69 Å². The molecule has 0 saturated heterocycles. The third-order valence-corrected chi connectivity index (χ3v) is 3.93. The molecule has 0 atom stereocenters. The molecule has 0 fully saturated rings. The molecule has 23 heavy (non-hydrogen) atoms. The van der Waals surface area contributed by atoms with E-state index in [1.807, 2.05) is 30.3 Å². The van der Waals surface area contributed by atoms with Crippen LogP contribution >= 0.6 is 0 Å². The van der Waals surface area contributed by atoms with Crippen LogP contribution in [0.25, 0.3) is 10.8 Å². The predicted octanol–water partition coefficient (Wildman–Crippen LogP) is 5.72. The van der Waals surface area contributed by atoms with E-state index in [1.165, 1.54) is 18.4 Å². The molecule has 4 heteroatoms. The summed E-state index contributed by atoms with van der Waals surface area (Å²) in [5.74, 6) is 0. The first kappa shape index (κ1) is 15.2. The van der Waals surface area contributed by atoms with Crippen molar-refractivity contribution in [1.82, 2.24) is 4.98 Å². The number of nitrogens with one attached hydrogen (secondary N) is 1. The highest BCUT2D eigenvalue weighted by Gasteiger charge is 2.08. The summed E-state index contributed by atoms with van der Waals surface area (Å²) in [6.07, 6.45) is 6.89. The Hall–Kier alpha value is -2.75. The van der Waals surface area contributed by atoms with E-state index in [2.05, 4.69) is 34.5 Å². The molecule has 0 radical (unpaired) electrons. The first-order valence-electron chi connectivity index (χ1n) is 7.88. The van der Waals surface area contributed by atoms with E-state index >= 15 is 0 Å². The Balaban J connectivity index is 1.87. The molecule has 1 heterocycles. The van der Waals surface area contributed by atoms with Gasteiger partial charge in [-0.1, -0.05) is 31.5 Å². The molecule has 3 rings (SSSR count). The minimum Gasteiger partial charge on any atom is -0.354 e. The second-order valence-electron chi connectivity index (χ2n) is 5.58. The highest BCUT2D eigenvalue weighted by molar-refractivity contribution is 5.98. The van der Waals surface area contributed by atoms with Gasteiger partial charge in [-0.3, -0.25) is 4.98 Å². The Bertz CT molecular complexity index is 812. The van der Waals surface area contributed by atoms with Crippen molar-refractivity contribution in [2.45, 2.75) is 26.2 Å². The summed E-state index contributed by atoms with van der Waals surface area (Å²) < 4.78 is 0. The molecule has 4 nitrogen and oxygen atoms in total. The maximum absolute atomic E-state index is 11.3. The van der Waals surface area contributed by atoms with Crippen LogP contribution in [-0.2, 0) is 6.42 Å².